The first-order chi connectivity index (χ1) is 15.1. The average Bonchev–Trinajstić information content (AvgIpc) is 3.47. The average molecular weight is 434 g/mol. The van der Waals surface area contributed by atoms with Crippen LogP contribution in [0.1, 0.15) is 47.7 Å². The molecule has 1 fully saturated rings. The number of hydrogen-bond donors (Lipinski definition) is 1. The number of rotatable bonds is 7. The van der Waals surface area contributed by atoms with E-state index >= 15 is 0 Å². The van der Waals surface area contributed by atoms with E-state index in [0.717, 1.165) is 47.4 Å². The van der Waals surface area contributed by atoms with Crippen LogP contribution >= 0.6 is 11.3 Å². The van der Waals surface area contributed by atoms with Crippen LogP contribution in [0.3, 0.4) is 0 Å². The highest BCUT2D eigenvalue weighted by atomic mass is 32.1. The number of anilines is 1. The topological polar surface area (TPSA) is 62.3 Å². The van der Waals surface area contributed by atoms with Gasteiger partial charge >= 0.3 is 0 Å². The maximum Gasteiger partial charge on any atom is 0.248 e. The number of thiophene rings is 1. The number of hydrogen-bond acceptors (Lipinski definition) is 4. The Labute approximate surface area is 187 Å². The third-order valence-corrected chi connectivity index (χ3v) is 6.66. The van der Waals surface area contributed by atoms with E-state index in [0.29, 0.717) is 0 Å². The molecule has 1 atom stereocenters. The van der Waals surface area contributed by atoms with Crippen molar-refractivity contribution in [3.63, 3.8) is 0 Å². The molecule has 0 spiro atoms. The van der Waals surface area contributed by atoms with Gasteiger partial charge in [0.05, 0.1) is 6.42 Å². The molecule has 2 amide bonds. The fraction of sp³-hybridized carbons (Fsp3) is 0.320. The smallest absolute Gasteiger partial charge is 0.248 e. The van der Waals surface area contributed by atoms with Crippen molar-refractivity contribution in [2.45, 2.75) is 51.1 Å². The third kappa shape index (κ3) is 5.02. The standard InChI is InChI=1S/C25H27N3O2S/c1-18-7-2-5-11-22(18)28(23(29)17-21-10-6-16-31-21)24(19-12-14-26-15-13-19)25(30)27-20-8-3-4-9-20/h2,5-7,10-16,20,24H,3-4,8-9,17H2,1H3,(H,27,30). The summed E-state index contributed by atoms with van der Waals surface area (Å²) in [6.45, 7) is 1.97. The Balaban J connectivity index is 1.75. The monoisotopic (exact) mass is 433 g/mol. The summed E-state index contributed by atoms with van der Waals surface area (Å²) in [6.07, 6.45) is 7.83. The van der Waals surface area contributed by atoms with Crippen molar-refractivity contribution in [3.8, 4) is 0 Å². The lowest BCUT2D eigenvalue weighted by molar-refractivity contribution is -0.127. The number of aromatic nitrogens is 1. The largest absolute Gasteiger partial charge is 0.351 e. The second-order valence-corrected chi connectivity index (χ2v) is 9.01. The van der Waals surface area contributed by atoms with Crippen LogP contribution < -0.4 is 10.2 Å². The van der Waals surface area contributed by atoms with Gasteiger partial charge in [0.25, 0.3) is 0 Å². The quantitative estimate of drug-likeness (QED) is 0.581. The molecule has 6 heteroatoms. The SMILES string of the molecule is Cc1ccccc1N(C(=O)Cc1cccs1)C(C(=O)NC1CCCC1)c1ccncc1. The van der Waals surface area contributed by atoms with Gasteiger partial charge in [-0.1, -0.05) is 37.1 Å². The Kier molecular flexibility index (Phi) is 6.77. The van der Waals surface area contributed by atoms with Crippen LogP contribution in [0.25, 0.3) is 0 Å². The lowest BCUT2D eigenvalue weighted by Crippen LogP contribution is -2.47. The summed E-state index contributed by atoms with van der Waals surface area (Å²) in [6, 6.07) is 14.7. The lowest BCUT2D eigenvalue weighted by Gasteiger charge is -2.33. The van der Waals surface area contributed by atoms with Gasteiger partial charge in [-0.25, -0.2) is 0 Å². The second kappa shape index (κ2) is 9.88. The first-order valence-electron chi connectivity index (χ1n) is 10.7. The van der Waals surface area contributed by atoms with E-state index in [4.69, 9.17) is 0 Å². The van der Waals surface area contributed by atoms with Gasteiger partial charge in [-0.3, -0.25) is 19.5 Å². The molecule has 1 unspecified atom stereocenters. The minimum atomic E-state index is -0.753. The number of carbonyl (C=O) groups is 2. The van der Waals surface area contributed by atoms with Crippen molar-refractivity contribution in [2.24, 2.45) is 0 Å². The number of benzene rings is 1. The van der Waals surface area contributed by atoms with Gasteiger partial charge in [-0.15, -0.1) is 11.3 Å². The second-order valence-electron chi connectivity index (χ2n) is 7.98. The van der Waals surface area contributed by atoms with Crippen LogP contribution in [0.15, 0.2) is 66.3 Å². The molecule has 1 saturated carbocycles. The van der Waals surface area contributed by atoms with Gasteiger partial charge in [0.15, 0.2) is 0 Å². The van der Waals surface area contributed by atoms with Crippen LogP contribution in [-0.2, 0) is 16.0 Å². The Bertz CT molecular complexity index is 1010. The molecular formula is C25H27N3O2S. The lowest BCUT2D eigenvalue weighted by atomic mass is 10.0. The van der Waals surface area contributed by atoms with Gasteiger partial charge in [-0.05, 0) is 60.5 Å². The van der Waals surface area contributed by atoms with Crippen molar-refractivity contribution in [1.82, 2.24) is 10.3 Å². The van der Waals surface area contributed by atoms with E-state index in [2.05, 4.69) is 10.3 Å². The first kappa shape index (κ1) is 21.2. The number of carbonyl (C=O) groups excluding carboxylic acids is 2. The molecule has 1 aromatic carbocycles. The molecule has 0 radical (unpaired) electrons. The van der Waals surface area contributed by atoms with E-state index in [9.17, 15) is 9.59 Å². The van der Waals surface area contributed by atoms with Gasteiger partial charge < -0.3 is 5.32 Å². The molecule has 2 aromatic heterocycles. The molecule has 0 bridgehead atoms. The summed E-state index contributed by atoms with van der Waals surface area (Å²) in [7, 11) is 0. The van der Waals surface area contributed by atoms with Crippen molar-refractivity contribution in [1.29, 1.82) is 0 Å². The number of aryl methyl sites for hydroxylation is 1. The zero-order chi connectivity index (χ0) is 21.6. The van der Waals surface area contributed by atoms with E-state index in [1.165, 1.54) is 0 Å². The van der Waals surface area contributed by atoms with E-state index in [1.807, 2.05) is 60.8 Å². The fourth-order valence-electron chi connectivity index (χ4n) is 4.21. The fourth-order valence-corrected chi connectivity index (χ4v) is 4.91. The van der Waals surface area contributed by atoms with Crippen LogP contribution in [-0.4, -0.2) is 22.8 Å². The van der Waals surface area contributed by atoms with Gasteiger partial charge in [-0.2, -0.15) is 0 Å². The van der Waals surface area contributed by atoms with Gasteiger partial charge in [0.2, 0.25) is 11.8 Å². The molecule has 5 nitrogen and oxygen atoms in total. The minimum Gasteiger partial charge on any atom is -0.351 e. The van der Waals surface area contributed by atoms with Gasteiger partial charge in [0, 0.05) is 29.0 Å². The molecule has 1 N–H and O–H groups in total. The maximum atomic E-state index is 13.7. The number of para-hydroxylation sites is 1. The predicted molar refractivity (Wildman–Crippen MR) is 124 cm³/mol. The maximum absolute atomic E-state index is 13.7. The van der Waals surface area contributed by atoms with Crippen molar-refractivity contribution in [2.75, 3.05) is 4.90 Å². The Morgan fingerprint density at radius 1 is 1.10 bits per heavy atom. The van der Waals surface area contributed by atoms with Crippen molar-refractivity contribution < 1.29 is 9.59 Å². The summed E-state index contributed by atoms with van der Waals surface area (Å²) in [4.78, 5) is 34.0. The molecule has 0 saturated heterocycles. The molecule has 160 valence electrons. The number of nitrogens with one attached hydrogen (secondary N) is 1. The van der Waals surface area contributed by atoms with Gasteiger partial charge in [0.1, 0.15) is 6.04 Å². The molecule has 3 aromatic rings. The molecule has 4 rings (SSSR count). The molecule has 0 aliphatic heterocycles. The molecule has 1 aliphatic rings. The molecular weight excluding hydrogens is 406 g/mol. The van der Waals surface area contributed by atoms with E-state index in [1.54, 1.807) is 28.6 Å². The third-order valence-electron chi connectivity index (χ3n) is 5.78. The van der Waals surface area contributed by atoms with E-state index in [-0.39, 0.29) is 24.3 Å². The zero-order valence-corrected chi connectivity index (χ0v) is 18.5. The Hall–Kier alpha value is -2.99. The summed E-state index contributed by atoms with van der Waals surface area (Å²) < 4.78 is 0. The zero-order valence-electron chi connectivity index (χ0n) is 17.7. The van der Waals surface area contributed by atoms with E-state index < -0.39 is 6.04 Å². The molecule has 1 aliphatic carbocycles. The van der Waals surface area contributed by atoms with Crippen LogP contribution in [0.4, 0.5) is 5.69 Å². The number of nitrogens with zero attached hydrogens (tertiary/aromatic N) is 2. The Morgan fingerprint density at radius 3 is 2.52 bits per heavy atom. The highest BCUT2D eigenvalue weighted by Crippen LogP contribution is 2.32. The molecule has 31 heavy (non-hydrogen) atoms. The van der Waals surface area contributed by atoms with Crippen molar-refractivity contribution >= 4 is 28.8 Å². The number of amides is 2. The highest BCUT2D eigenvalue weighted by Gasteiger charge is 2.34. The minimum absolute atomic E-state index is 0.0971. The summed E-state index contributed by atoms with van der Waals surface area (Å²) in [5, 5.41) is 5.18. The van der Waals surface area contributed by atoms with Crippen LogP contribution in [0, 0.1) is 6.92 Å². The number of pyridine rings is 1. The summed E-state index contributed by atoms with van der Waals surface area (Å²) in [5.74, 6) is -0.235. The van der Waals surface area contributed by atoms with Crippen LogP contribution in [0.2, 0.25) is 0 Å². The highest BCUT2D eigenvalue weighted by molar-refractivity contribution is 7.10. The van der Waals surface area contributed by atoms with Crippen LogP contribution in [0.5, 0.6) is 0 Å². The normalized spacial score (nSPS) is 14.9. The first-order valence-corrected chi connectivity index (χ1v) is 11.6. The summed E-state index contributed by atoms with van der Waals surface area (Å²) >= 11 is 1.55. The van der Waals surface area contributed by atoms with Crippen molar-refractivity contribution in [3.05, 3.63) is 82.3 Å². The Morgan fingerprint density at radius 2 is 1.84 bits per heavy atom. The molecule has 2 heterocycles. The summed E-state index contributed by atoms with van der Waals surface area (Å²) in [5.41, 5.74) is 2.47. The predicted octanol–water partition coefficient (Wildman–Crippen LogP) is 4.83.